The lowest BCUT2D eigenvalue weighted by Gasteiger charge is -2.07. The third-order valence-electron chi connectivity index (χ3n) is 6.91. The van der Waals surface area contributed by atoms with Crippen molar-refractivity contribution >= 4 is 123 Å². The van der Waals surface area contributed by atoms with Crippen molar-refractivity contribution in [3.63, 3.8) is 0 Å². The number of fused-ring (bicyclic) bond motifs is 3. The van der Waals surface area contributed by atoms with Gasteiger partial charge in [-0.1, -0.05) is 94.7 Å². The Kier molecular flexibility index (Phi) is 23.4. The Labute approximate surface area is 397 Å². The van der Waals surface area contributed by atoms with Crippen LogP contribution in [0.15, 0.2) is 72.8 Å². The summed E-state index contributed by atoms with van der Waals surface area (Å²) in [6, 6.07) is 15.4. The van der Waals surface area contributed by atoms with E-state index in [0.717, 1.165) is 45.1 Å². The van der Waals surface area contributed by atoms with Gasteiger partial charge in [0, 0.05) is 13.8 Å². The van der Waals surface area contributed by atoms with Crippen molar-refractivity contribution in [2.45, 2.75) is 51.7 Å². The van der Waals surface area contributed by atoms with Crippen molar-refractivity contribution in [2.75, 3.05) is 0 Å². The smallest absolute Gasteiger partial charge is 0.410 e. The van der Waals surface area contributed by atoms with Crippen LogP contribution in [0, 0.1) is 24.0 Å². The molecule has 0 spiro atoms. The number of nitro benzene ring substituents is 1. The van der Waals surface area contributed by atoms with E-state index in [0.29, 0.717) is 39.0 Å². The number of aryl methyl sites for hydroxylation is 2. The number of carbonyl (C=O) groups is 2. The van der Waals surface area contributed by atoms with Crippen molar-refractivity contribution < 1.29 is 55.7 Å². The quantitative estimate of drug-likeness (QED) is 0.0173. The molecule has 0 atom stereocenters. The highest BCUT2D eigenvalue weighted by molar-refractivity contribution is 6.88. The molecule has 0 aliphatic rings. The first-order chi connectivity index (χ1) is 30.1. The van der Waals surface area contributed by atoms with Crippen LogP contribution in [0.5, 0.6) is 0 Å². The molecule has 5 N–H and O–H groups in total. The number of nitrogens with zero attached hydrogens (tertiary/aromatic N) is 10. The highest BCUT2D eigenvalue weighted by atomic mass is 35.6. The van der Waals surface area contributed by atoms with Crippen LogP contribution in [0.25, 0.3) is 33.1 Å². The molecule has 0 aliphatic heterocycles. The molecule has 356 valence electrons. The summed E-state index contributed by atoms with van der Waals surface area (Å²) in [5, 5.41) is 39.8. The van der Waals surface area contributed by atoms with Gasteiger partial charge >= 0.3 is 18.5 Å². The topological polar surface area (TPSA) is 260 Å². The zero-order chi connectivity index (χ0) is 49.6. The summed E-state index contributed by atoms with van der Waals surface area (Å²) in [6.45, 7) is 5.39. The normalized spacial score (nSPS) is 10.8. The minimum atomic E-state index is -4.60. The molecule has 66 heavy (non-hydrogen) atoms. The van der Waals surface area contributed by atoms with E-state index >= 15 is 0 Å². The van der Waals surface area contributed by atoms with Gasteiger partial charge in [0.15, 0.2) is 0 Å². The van der Waals surface area contributed by atoms with Gasteiger partial charge in [-0.25, -0.2) is 0 Å². The maximum absolute atomic E-state index is 12.8. The van der Waals surface area contributed by atoms with Crippen molar-refractivity contribution in [3.8, 4) is 0 Å². The van der Waals surface area contributed by atoms with Crippen molar-refractivity contribution in [2.24, 2.45) is 11.7 Å². The first-order valence-corrected chi connectivity index (χ1v) is 18.4. The molecule has 0 bridgehead atoms. The Balaban J connectivity index is 0.000000918. The molecule has 19 nitrogen and oxygen atoms in total. The fraction of sp³-hybridized carbons (Fsp3) is 0.235. The van der Waals surface area contributed by atoms with Crippen LogP contribution in [0.4, 0.5) is 36.8 Å². The second-order valence-electron chi connectivity index (χ2n) is 11.5. The molecular weight excluding hydrogens is 1000 g/mol. The van der Waals surface area contributed by atoms with E-state index in [1.54, 1.807) is 25.0 Å². The Morgan fingerprint density at radius 2 is 1.14 bits per heavy atom. The highest BCUT2D eigenvalue weighted by Gasteiger charge is 2.33. The number of benzene rings is 4. The largest absolute Gasteiger partial charge is 0.562 e. The van der Waals surface area contributed by atoms with Gasteiger partial charge in [-0.05, 0) is 108 Å². The predicted octanol–water partition coefficient (Wildman–Crippen LogP) is 8.19. The molecule has 7 aromatic rings. The van der Waals surface area contributed by atoms with Crippen molar-refractivity contribution in [3.05, 3.63) is 110 Å². The van der Waals surface area contributed by atoms with Gasteiger partial charge in [0.25, 0.3) is 14.7 Å². The number of hydrogen-bond acceptors (Lipinski definition) is 15. The predicted molar refractivity (Wildman–Crippen MR) is 238 cm³/mol. The molecular formula is C34H35B2Cl5F6N12O7. The number of hydrazine groups is 1. The number of rotatable bonds is 3. The van der Waals surface area contributed by atoms with E-state index in [1.165, 1.54) is 0 Å². The molecule has 0 saturated heterocycles. The molecule has 0 aliphatic carbocycles. The van der Waals surface area contributed by atoms with Gasteiger partial charge < -0.3 is 5.21 Å². The first-order valence-electron chi connectivity index (χ1n) is 17.1. The number of nitro groups is 1. The Morgan fingerprint density at radius 3 is 1.56 bits per heavy atom. The summed E-state index contributed by atoms with van der Waals surface area (Å²) in [5.41, 5.74) is 1.38. The zero-order valence-corrected chi connectivity index (χ0v) is 36.0. The fourth-order valence-electron chi connectivity index (χ4n) is 4.22. The SMILES string of the molecule is C.C.Cc1ccc2nnn(O)c2c1.Cc1ccc2nnn(OC(=O)On3nnc4ccc(C(F)(F)F)cc43)c2c1.NN.O=C(Cl)C(Cl)(Cl)Cl.O=[N+]([O-])c1cc(C(F)(F)F)ccc1Cl.[3H]B([B])C. The number of aromatic nitrogens is 9. The maximum atomic E-state index is 12.8. The van der Waals surface area contributed by atoms with E-state index in [4.69, 9.17) is 82.0 Å². The minimum absolute atomic E-state index is 0. The summed E-state index contributed by atoms with van der Waals surface area (Å²) in [6.07, 6.45) is -10.5. The lowest BCUT2D eigenvalue weighted by Crippen LogP contribution is -2.30. The van der Waals surface area contributed by atoms with Crippen LogP contribution >= 0.6 is 58.0 Å². The summed E-state index contributed by atoms with van der Waals surface area (Å²) in [4.78, 5) is 43.0. The highest BCUT2D eigenvalue weighted by Crippen LogP contribution is 2.35. The van der Waals surface area contributed by atoms with E-state index in [1.807, 2.05) is 32.0 Å². The minimum Gasteiger partial charge on any atom is -0.410 e. The number of carbonyl (C=O) groups excluding carboxylic acids is 2. The van der Waals surface area contributed by atoms with Gasteiger partial charge in [-0.2, -0.15) is 31.1 Å². The fourth-order valence-corrected chi connectivity index (χ4v) is 4.41. The van der Waals surface area contributed by atoms with Crippen LogP contribution in [0.2, 0.25) is 11.8 Å². The molecule has 4 aromatic carbocycles. The number of alkyl halides is 9. The van der Waals surface area contributed by atoms with Gasteiger partial charge in [-0.15, -0.1) is 15.3 Å². The third kappa shape index (κ3) is 17.9. The van der Waals surface area contributed by atoms with Crippen LogP contribution in [0.1, 0.15) is 37.1 Å². The van der Waals surface area contributed by atoms with E-state index < -0.39 is 56.4 Å². The summed E-state index contributed by atoms with van der Waals surface area (Å²) in [5.74, 6) is 8.00. The molecule has 7 rings (SSSR count). The van der Waals surface area contributed by atoms with Gasteiger partial charge in [0.2, 0.25) is 0 Å². The maximum Gasteiger partial charge on any atom is 0.562 e. The average Bonchev–Trinajstić information content (AvgIpc) is 3.91. The molecule has 32 heteroatoms. The van der Waals surface area contributed by atoms with E-state index in [-0.39, 0.29) is 30.9 Å². The summed E-state index contributed by atoms with van der Waals surface area (Å²) >= 11 is 24.8. The van der Waals surface area contributed by atoms with E-state index in [2.05, 4.69) is 42.6 Å². The summed E-state index contributed by atoms with van der Waals surface area (Å²) in [7, 11) is 4.36. The Morgan fingerprint density at radius 1 is 0.773 bits per heavy atom. The standard InChI is InChI=1S/C15H9F3N6O3.C7H3ClF3NO2.C7H7N3O.C2Cl4O.CH4B2.2CH4.H4N2/c1-8-2-4-10-12(6-8)23(21-19-10)26-14(25)27-24-13-7-9(15(16,17)18)3-5-11(13)20-22-24;8-5-2-1-4(7(9,10)11)3-6(5)12(13)14;1-5-2-3-6-7(4-5)10(11)9-8-6;3-1(7)2(4,5)6;1-3-2;;;1-2/h2-7H,1H3;1-3H;2-4,11H,1H3;;3H,1H3;2*1H4;1-2H2/i;;;;3T;;;. The third-order valence-corrected chi connectivity index (χ3v) is 8.32. The van der Waals surface area contributed by atoms with Crippen LogP contribution in [0.3, 0.4) is 0 Å². The molecule has 3 aromatic heterocycles. The average molecular weight is 1040 g/mol. The number of hydrogen-bond donors (Lipinski definition) is 3. The van der Waals surface area contributed by atoms with Gasteiger partial charge in [0.1, 0.15) is 38.1 Å². The second-order valence-corrected chi connectivity index (χ2v) is 14.6. The van der Waals surface area contributed by atoms with Gasteiger partial charge in [0.05, 0.1) is 23.2 Å². The first kappa shape index (κ1) is 58.3. The number of halogens is 11. The van der Waals surface area contributed by atoms with Crippen LogP contribution < -0.4 is 21.4 Å². The molecule has 3 heterocycles. The lowest BCUT2D eigenvalue weighted by molar-refractivity contribution is -0.385. The zero-order valence-electron chi connectivity index (χ0n) is 33.3. The van der Waals surface area contributed by atoms with Crippen molar-refractivity contribution in [1.82, 2.24) is 45.5 Å². The summed E-state index contributed by atoms with van der Waals surface area (Å²) < 4.78 is 79.2. The Bertz CT molecular complexity index is 2730. The Hall–Kier alpha value is -5.70. The molecule has 0 saturated carbocycles. The number of nitrogens with two attached hydrogens (primary N) is 2. The monoisotopic (exact) mass is 1040 g/mol. The second kappa shape index (κ2) is 26.4. The molecule has 0 fully saturated rings. The van der Waals surface area contributed by atoms with Gasteiger partial charge in [-0.3, -0.25) is 36.3 Å². The molecule has 0 amide bonds. The van der Waals surface area contributed by atoms with Crippen LogP contribution in [-0.2, 0) is 17.1 Å². The lowest BCUT2D eigenvalue weighted by atomic mass is 9.59. The van der Waals surface area contributed by atoms with Crippen molar-refractivity contribution in [1.29, 1.82) is 1.34 Å². The molecule has 2 radical (unpaired) electrons. The molecule has 0 unspecified atom stereocenters. The van der Waals surface area contributed by atoms with Crippen LogP contribution in [-0.4, -0.2) is 87.0 Å². The van der Waals surface area contributed by atoms with E-state index in [9.17, 15) is 46.0 Å².